The predicted molar refractivity (Wildman–Crippen MR) is 91.9 cm³/mol. The van der Waals surface area contributed by atoms with Crippen LogP contribution in [0.15, 0.2) is 18.2 Å². The molecule has 128 valence electrons. The number of piperidine rings is 1. The molecule has 1 aromatic carbocycles. The summed E-state index contributed by atoms with van der Waals surface area (Å²) in [7, 11) is 1.63. The van der Waals surface area contributed by atoms with E-state index in [1.54, 1.807) is 12.0 Å². The number of methoxy groups -OCH3 is 1. The number of nitrogens with zero attached hydrogens (tertiary/aromatic N) is 1. The number of hydrogen-bond acceptors (Lipinski definition) is 5. The maximum Gasteiger partial charge on any atom is 0.410 e. The predicted octanol–water partition coefficient (Wildman–Crippen LogP) is 3.09. The average Bonchev–Trinajstić information content (AvgIpc) is 2.48. The highest BCUT2D eigenvalue weighted by molar-refractivity contribution is 5.69. The topological polar surface area (TPSA) is 76.8 Å². The summed E-state index contributed by atoms with van der Waals surface area (Å²) < 4.78 is 10.6. The van der Waals surface area contributed by atoms with Gasteiger partial charge in [0.2, 0.25) is 0 Å². The van der Waals surface area contributed by atoms with Crippen molar-refractivity contribution in [3.63, 3.8) is 0 Å². The zero-order valence-electron chi connectivity index (χ0n) is 14.4. The van der Waals surface area contributed by atoms with Gasteiger partial charge in [0.25, 0.3) is 0 Å². The maximum atomic E-state index is 12.1. The molecule has 1 fully saturated rings. The minimum Gasteiger partial charge on any atom is -0.497 e. The number of nitrogens with one attached hydrogen (secondary N) is 1. The molecular formula is C17H27N3O3. The van der Waals surface area contributed by atoms with E-state index in [0.29, 0.717) is 18.8 Å². The highest BCUT2D eigenvalue weighted by Gasteiger charge is 2.27. The first-order valence-corrected chi connectivity index (χ1v) is 7.96. The van der Waals surface area contributed by atoms with E-state index >= 15 is 0 Å². The molecule has 0 aliphatic carbocycles. The third-order valence-electron chi connectivity index (χ3n) is 3.77. The van der Waals surface area contributed by atoms with Crippen molar-refractivity contribution < 1.29 is 14.3 Å². The molecule has 6 nitrogen and oxygen atoms in total. The van der Waals surface area contributed by atoms with Crippen molar-refractivity contribution in [3.05, 3.63) is 18.2 Å². The molecule has 1 aromatic rings. The van der Waals surface area contributed by atoms with Crippen LogP contribution >= 0.6 is 0 Å². The molecule has 0 saturated carbocycles. The Morgan fingerprint density at radius 1 is 1.30 bits per heavy atom. The summed E-state index contributed by atoms with van der Waals surface area (Å²) >= 11 is 0. The van der Waals surface area contributed by atoms with Crippen molar-refractivity contribution in [1.82, 2.24) is 4.90 Å². The highest BCUT2D eigenvalue weighted by Crippen LogP contribution is 2.27. The SMILES string of the molecule is COc1ccc(N)c(NC2CCN(C(=O)OC(C)(C)C)CC2)c1. The van der Waals surface area contributed by atoms with Gasteiger partial charge in [0, 0.05) is 25.2 Å². The normalized spacial score (nSPS) is 16.1. The first kappa shape index (κ1) is 17.2. The average molecular weight is 321 g/mol. The molecule has 1 aliphatic rings. The van der Waals surface area contributed by atoms with Crippen LogP contribution in [0.1, 0.15) is 33.6 Å². The van der Waals surface area contributed by atoms with E-state index in [1.165, 1.54) is 0 Å². The van der Waals surface area contributed by atoms with Gasteiger partial charge in [-0.3, -0.25) is 0 Å². The number of rotatable bonds is 3. The van der Waals surface area contributed by atoms with Crippen molar-refractivity contribution in [3.8, 4) is 5.75 Å². The molecular weight excluding hydrogens is 294 g/mol. The molecule has 1 amide bonds. The van der Waals surface area contributed by atoms with Crippen LogP contribution in [0.3, 0.4) is 0 Å². The Kier molecular flexibility index (Phi) is 5.23. The summed E-state index contributed by atoms with van der Waals surface area (Å²) in [6.07, 6.45) is 1.48. The maximum absolute atomic E-state index is 12.1. The number of nitrogens with two attached hydrogens (primary N) is 1. The Morgan fingerprint density at radius 3 is 2.52 bits per heavy atom. The van der Waals surface area contributed by atoms with Crippen LogP contribution in [0.25, 0.3) is 0 Å². The Hall–Kier alpha value is -2.11. The lowest BCUT2D eigenvalue weighted by atomic mass is 10.0. The zero-order chi connectivity index (χ0) is 17.0. The number of carbonyl (C=O) groups excluding carboxylic acids is 1. The summed E-state index contributed by atoms with van der Waals surface area (Å²) in [4.78, 5) is 13.8. The Morgan fingerprint density at radius 2 is 1.96 bits per heavy atom. The first-order chi connectivity index (χ1) is 10.8. The van der Waals surface area contributed by atoms with E-state index in [2.05, 4.69) is 5.32 Å². The van der Waals surface area contributed by atoms with Gasteiger partial charge in [-0.1, -0.05) is 0 Å². The Labute approximate surface area is 137 Å². The lowest BCUT2D eigenvalue weighted by Crippen LogP contribution is -2.44. The molecule has 0 bridgehead atoms. The van der Waals surface area contributed by atoms with Crippen LogP contribution in [0.5, 0.6) is 5.75 Å². The van der Waals surface area contributed by atoms with Crippen molar-refractivity contribution in [2.45, 2.75) is 45.3 Å². The number of carbonyl (C=O) groups is 1. The number of benzene rings is 1. The number of anilines is 2. The van der Waals surface area contributed by atoms with Gasteiger partial charge in [-0.05, 0) is 45.7 Å². The summed E-state index contributed by atoms with van der Waals surface area (Å²) in [5.74, 6) is 0.771. The van der Waals surface area contributed by atoms with Gasteiger partial charge >= 0.3 is 6.09 Å². The molecule has 6 heteroatoms. The zero-order valence-corrected chi connectivity index (χ0v) is 14.4. The minimum atomic E-state index is -0.457. The molecule has 0 atom stereocenters. The van der Waals surface area contributed by atoms with E-state index in [4.69, 9.17) is 15.2 Å². The molecule has 0 spiro atoms. The smallest absolute Gasteiger partial charge is 0.410 e. The van der Waals surface area contributed by atoms with E-state index in [9.17, 15) is 4.79 Å². The fraction of sp³-hybridized carbons (Fsp3) is 0.588. The molecule has 3 N–H and O–H groups in total. The van der Waals surface area contributed by atoms with Crippen molar-refractivity contribution in [2.24, 2.45) is 0 Å². The van der Waals surface area contributed by atoms with Crippen LogP contribution in [0.2, 0.25) is 0 Å². The monoisotopic (exact) mass is 321 g/mol. The number of amides is 1. The Balaban J connectivity index is 1.89. The molecule has 1 saturated heterocycles. The fourth-order valence-electron chi connectivity index (χ4n) is 2.54. The van der Waals surface area contributed by atoms with E-state index in [0.717, 1.165) is 24.3 Å². The third-order valence-corrected chi connectivity index (χ3v) is 3.77. The van der Waals surface area contributed by atoms with Gasteiger partial charge in [0.1, 0.15) is 11.4 Å². The number of ether oxygens (including phenoxy) is 2. The first-order valence-electron chi connectivity index (χ1n) is 7.96. The number of likely N-dealkylation sites (tertiary alicyclic amines) is 1. The lowest BCUT2D eigenvalue weighted by Gasteiger charge is -2.34. The van der Waals surface area contributed by atoms with Crippen molar-refractivity contribution in [2.75, 3.05) is 31.2 Å². The third kappa shape index (κ3) is 4.94. The molecule has 23 heavy (non-hydrogen) atoms. The second-order valence-corrected chi connectivity index (χ2v) is 6.84. The lowest BCUT2D eigenvalue weighted by molar-refractivity contribution is 0.0210. The minimum absolute atomic E-state index is 0.239. The van der Waals surface area contributed by atoms with Gasteiger partial charge in [-0.2, -0.15) is 0 Å². The van der Waals surface area contributed by atoms with E-state index < -0.39 is 5.60 Å². The fourth-order valence-corrected chi connectivity index (χ4v) is 2.54. The quantitative estimate of drug-likeness (QED) is 0.837. The second kappa shape index (κ2) is 6.98. The molecule has 1 heterocycles. The van der Waals surface area contributed by atoms with Crippen molar-refractivity contribution >= 4 is 17.5 Å². The molecule has 2 rings (SSSR count). The molecule has 0 unspecified atom stereocenters. The molecule has 0 aromatic heterocycles. The summed E-state index contributed by atoms with van der Waals surface area (Å²) in [6, 6.07) is 5.85. The van der Waals surface area contributed by atoms with Crippen LogP contribution in [0, 0.1) is 0 Å². The van der Waals surface area contributed by atoms with Crippen LogP contribution in [-0.4, -0.2) is 42.8 Å². The van der Waals surface area contributed by atoms with Crippen LogP contribution in [0.4, 0.5) is 16.2 Å². The Bertz CT molecular complexity index is 547. The molecule has 1 aliphatic heterocycles. The van der Waals surface area contributed by atoms with Gasteiger partial charge in [-0.15, -0.1) is 0 Å². The van der Waals surface area contributed by atoms with Crippen LogP contribution in [-0.2, 0) is 4.74 Å². The molecule has 0 radical (unpaired) electrons. The largest absolute Gasteiger partial charge is 0.497 e. The standard InChI is InChI=1S/C17H27N3O3/c1-17(2,3)23-16(21)20-9-7-12(8-10-20)19-15-11-13(22-4)5-6-14(15)18/h5-6,11-12,19H,7-10,18H2,1-4H3. The summed E-state index contributed by atoms with van der Waals surface area (Å²) in [6.45, 7) is 6.99. The highest BCUT2D eigenvalue weighted by atomic mass is 16.6. The number of hydrogen-bond donors (Lipinski definition) is 2. The summed E-state index contributed by atoms with van der Waals surface area (Å²) in [5, 5.41) is 3.45. The van der Waals surface area contributed by atoms with Gasteiger partial charge in [0.05, 0.1) is 18.5 Å². The van der Waals surface area contributed by atoms with Gasteiger partial charge in [0.15, 0.2) is 0 Å². The summed E-state index contributed by atoms with van der Waals surface area (Å²) in [5.41, 5.74) is 7.12. The van der Waals surface area contributed by atoms with Gasteiger partial charge in [-0.25, -0.2) is 4.79 Å². The van der Waals surface area contributed by atoms with Crippen LogP contribution < -0.4 is 15.8 Å². The van der Waals surface area contributed by atoms with Crippen molar-refractivity contribution in [1.29, 1.82) is 0 Å². The number of nitrogen functional groups attached to an aromatic ring is 1. The van der Waals surface area contributed by atoms with Gasteiger partial charge < -0.3 is 25.4 Å². The van der Waals surface area contributed by atoms with E-state index in [1.807, 2.05) is 39.0 Å². The second-order valence-electron chi connectivity index (χ2n) is 6.84. The van der Waals surface area contributed by atoms with E-state index in [-0.39, 0.29) is 12.1 Å².